The minimum atomic E-state index is 0.558. The Bertz CT molecular complexity index is 345. The quantitative estimate of drug-likeness (QED) is 0.774. The third kappa shape index (κ3) is 3.74. The minimum absolute atomic E-state index is 0.558. The van der Waals surface area contributed by atoms with Crippen molar-refractivity contribution in [3.63, 3.8) is 0 Å². The predicted octanol–water partition coefficient (Wildman–Crippen LogP) is 3.02. The van der Waals surface area contributed by atoms with E-state index in [4.69, 9.17) is 27.9 Å². The van der Waals surface area contributed by atoms with Crippen LogP contribution in [0.15, 0.2) is 12.1 Å². The molecule has 0 aliphatic heterocycles. The summed E-state index contributed by atoms with van der Waals surface area (Å²) in [5.74, 6) is 0.590. The lowest BCUT2D eigenvalue weighted by atomic mass is 10.3. The average Bonchev–Trinajstić information content (AvgIpc) is 2.28. The van der Waals surface area contributed by atoms with Crippen molar-refractivity contribution < 1.29 is 4.74 Å². The molecule has 0 aromatic heterocycles. The van der Waals surface area contributed by atoms with Crippen LogP contribution in [0.5, 0.6) is 5.75 Å². The lowest BCUT2D eigenvalue weighted by Crippen LogP contribution is -2.13. The van der Waals surface area contributed by atoms with E-state index < -0.39 is 0 Å². The second-order valence-corrected chi connectivity index (χ2v) is 4.16. The van der Waals surface area contributed by atoms with Gasteiger partial charge in [-0.15, -0.1) is 0 Å². The maximum atomic E-state index is 6.08. The molecule has 0 heterocycles. The van der Waals surface area contributed by atoms with Gasteiger partial charge in [0.2, 0.25) is 0 Å². The van der Waals surface area contributed by atoms with E-state index in [1.165, 1.54) is 0 Å². The lowest BCUT2D eigenvalue weighted by Gasteiger charge is -2.11. The fraction of sp³-hybridized carbons (Fsp3) is 0.455. The molecule has 1 aromatic carbocycles. The Morgan fingerprint density at radius 1 is 1.19 bits per heavy atom. The Kier molecular flexibility index (Phi) is 5.74. The number of rotatable bonds is 6. The van der Waals surface area contributed by atoms with Crippen LogP contribution in [-0.4, -0.2) is 27.2 Å². The van der Waals surface area contributed by atoms with Gasteiger partial charge in [-0.3, -0.25) is 0 Å². The fourth-order valence-electron chi connectivity index (χ4n) is 1.31. The molecule has 5 heteroatoms. The first-order chi connectivity index (χ1) is 7.69. The van der Waals surface area contributed by atoms with Crippen molar-refractivity contribution in [2.24, 2.45) is 0 Å². The van der Waals surface area contributed by atoms with Crippen molar-refractivity contribution in [3.05, 3.63) is 22.2 Å². The number of ether oxygens (including phenoxy) is 1. The molecule has 1 aromatic rings. The minimum Gasteiger partial charge on any atom is -0.495 e. The maximum absolute atomic E-state index is 6.08. The highest BCUT2D eigenvalue weighted by atomic mass is 35.5. The zero-order chi connectivity index (χ0) is 12.0. The Morgan fingerprint density at radius 3 is 2.56 bits per heavy atom. The smallest absolute Gasteiger partial charge is 0.139 e. The van der Waals surface area contributed by atoms with Crippen LogP contribution in [-0.2, 0) is 0 Å². The molecule has 2 N–H and O–H groups in total. The molecule has 0 saturated heterocycles. The van der Waals surface area contributed by atoms with Crippen molar-refractivity contribution in [2.75, 3.05) is 32.6 Å². The molecular weight excluding hydrogens is 247 g/mol. The number of anilines is 1. The van der Waals surface area contributed by atoms with Gasteiger partial charge in [0.05, 0.1) is 22.8 Å². The zero-order valence-electron chi connectivity index (χ0n) is 9.44. The topological polar surface area (TPSA) is 33.3 Å². The number of hydrogen-bond acceptors (Lipinski definition) is 3. The van der Waals surface area contributed by atoms with Crippen molar-refractivity contribution in [1.82, 2.24) is 5.32 Å². The van der Waals surface area contributed by atoms with Crippen molar-refractivity contribution >= 4 is 28.9 Å². The van der Waals surface area contributed by atoms with E-state index in [0.29, 0.717) is 15.8 Å². The van der Waals surface area contributed by atoms with Gasteiger partial charge in [0.1, 0.15) is 5.75 Å². The predicted molar refractivity (Wildman–Crippen MR) is 70.0 cm³/mol. The van der Waals surface area contributed by atoms with Gasteiger partial charge in [-0.1, -0.05) is 23.2 Å². The van der Waals surface area contributed by atoms with E-state index in [-0.39, 0.29) is 0 Å². The Morgan fingerprint density at radius 2 is 1.94 bits per heavy atom. The summed E-state index contributed by atoms with van der Waals surface area (Å²) in [6, 6.07) is 3.49. The molecule has 0 atom stereocenters. The SMILES string of the molecule is CNCCCNc1cc(Cl)c(OC)cc1Cl. The second kappa shape index (κ2) is 6.84. The molecule has 0 fully saturated rings. The van der Waals surface area contributed by atoms with E-state index in [1.54, 1.807) is 19.2 Å². The van der Waals surface area contributed by atoms with Crippen molar-refractivity contribution in [3.8, 4) is 5.75 Å². The molecule has 0 saturated carbocycles. The molecule has 0 radical (unpaired) electrons. The molecule has 1 rings (SSSR count). The van der Waals surface area contributed by atoms with Crippen LogP contribution in [0.4, 0.5) is 5.69 Å². The molecule has 0 bridgehead atoms. The number of hydrogen-bond donors (Lipinski definition) is 2. The van der Waals surface area contributed by atoms with Gasteiger partial charge in [-0.25, -0.2) is 0 Å². The van der Waals surface area contributed by atoms with Gasteiger partial charge in [0.25, 0.3) is 0 Å². The van der Waals surface area contributed by atoms with Crippen LogP contribution in [0, 0.1) is 0 Å². The van der Waals surface area contributed by atoms with Crippen LogP contribution < -0.4 is 15.4 Å². The summed E-state index contributed by atoms with van der Waals surface area (Å²) in [7, 11) is 3.49. The maximum Gasteiger partial charge on any atom is 0.139 e. The third-order valence-electron chi connectivity index (χ3n) is 2.16. The number of halogens is 2. The zero-order valence-corrected chi connectivity index (χ0v) is 11.0. The van der Waals surface area contributed by atoms with Gasteiger partial charge in [0, 0.05) is 12.6 Å². The highest BCUT2D eigenvalue weighted by Crippen LogP contribution is 2.33. The lowest BCUT2D eigenvalue weighted by molar-refractivity contribution is 0.415. The van der Waals surface area contributed by atoms with Gasteiger partial charge in [0.15, 0.2) is 0 Å². The number of nitrogens with one attached hydrogen (secondary N) is 2. The highest BCUT2D eigenvalue weighted by molar-refractivity contribution is 6.36. The second-order valence-electron chi connectivity index (χ2n) is 3.35. The molecule has 16 heavy (non-hydrogen) atoms. The summed E-state index contributed by atoms with van der Waals surface area (Å²) in [4.78, 5) is 0. The third-order valence-corrected chi connectivity index (χ3v) is 2.77. The summed E-state index contributed by atoms with van der Waals surface area (Å²) in [6.45, 7) is 1.82. The van der Waals surface area contributed by atoms with Crippen LogP contribution in [0.2, 0.25) is 10.0 Å². The highest BCUT2D eigenvalue weighted by Gasteiger charge is 2.06. The van der Waals surface area contributed by atoms with Crippen LogP contribution >= 0.6 is 23.2 Å². The van der Waals surface area contributed by atoms with E-state index >= 15 is 0 Å². The summed E-state index contributed by atoms with van der Waals surface area (Å²) in [6.07, 6.45) is 1.02. The summed E-state index contributed by atoms with van der Waals surface area (Å²) in [5.41, 5.74) is 0.837. The standard InChI is InChI=1S/C11H16Cl2N2O/c1-14-4-3-5-15-10-6-9(13)11(16-2)7-8(10)12/h6-7,14-15H,3-5H2,1-2H3. The molecular formula is C11H16Cl2N2O. The van der Waals surface area contributed by atoms with Gasteiger partial charge < -0.3 is 15.4 Å². The van der Waals surface area contributed by atoms with Crippen molar-refractivity contribution in [2.45, 2.75) is 6.42 Å². The summed E-state index contributed by atoms with van der Waals surface area (Å²) >= 11 is 12.1. The van der Waals surface area contributed by atoms with Crippen LogP contribution in [0.1, 0.15) is 6.42 Å². The largest absolute Gasteiger partial charge is 0.495 e. The average molecular weight is 263 g/mol. The van der Waals surface area contributed by atoms with Crippen molar-refractivity contribution in [1.29, 1.82) is 0 Å². The Labute approximate surface area is 106 Å². The van der Waals surface area contributed by atoms with Gasteiger partial charge >= 0.3 is 0 Å². The summed E-state index contributed by atoms with van der Waals surface area (Å²) < 4.78 is 5.07. The van der Waals surface area contributed by atoms with Gasteiger partial charge in [-0.2, -0.15) is 0 Å². The first-order valence-electron chi connectivity index (χ1n) is 5.10. The van der Waals surface area contributed by atoms with E-state index in [0.717, 1.165) is 25.2 Å². The molecule has 0 amide bonds. The first kappa shape index (κ1) is 13.4. The van der Waals surface area contributed by atoms with Crippen LogP contribution in [0.3, 0.4) is 0 Å². The molecule has 0 aliphatic rings. The van der Waals surface area contributed by atoms with E-state index in [9.17, 15) is 0 Å². The summed E-state index contributed by atoms with van der Waals surface area (Å²) in [5, 5.41) is 7.48. The molecule has 0 spiro atoms. The monoisotopic (exact) mass is 262 g/mol. The first-order valence-corrected chi connectivity index (χ1v) is 5.86. The number of benzene rings is 1. The number of methoxy groups -OCH3 is 1. The fourth-order valence-corrected chi connectivity index (χ4v) is 1.77. The van der Waals surface area contributed by atoms with Crippen LogP contribution in [0.25, 0.3) is 0 Å². The van der Waals surface area contributed by atoms with E-state index in [1.807, 2.05) is 7.05 Å². The van der Waals surface area contributed by atoms with E-state index in [2.05, 4.69) is 10.6 Å². The normalized spacial score (nSPS) is 10.2. The Hall–Kier alpha value is -0.640. The molecule has 0 aliphatic carbocycles. The molecule has 0 unspecified atom stereocenters. The molecule has 90 valence electrons. The van der Waals surface area contributed by atoms with Gasteiger partial charge in [-0.05, 0) is 26.1 Å². The Balaban J connectivity index is 2.63. The molecule has 3 nitrogen and oxygen atoms in total.